The van der Waals surface area contributed by atoms with Gasteiger partial charge in [0.15, 0.2) is 0 Å². The van der Waals surface area contributed by atoms with Gasteiger partial charge in [0.2, 0.25) is 0 Å². The first-order valence-electron chi connectivity index (χ1n) is 3.78. The fourth-order valence-corrected chi connectivity index (χ4v) is 1.49. The van der Waals surface area contributed by atoms with Crippen LogP contribution < -0.4 is 5.73 Å². The van der Waals surface area contributed by atoms with E-state index >= 15 is 0 Å². The molecule has 0 spiro atoms. The van der Waals surface area contributed by atoms with Gasteiger partial charge < -0.3 is 5.73 Å². The summed E-state index contributed by atoms with van der Waals surface area (Å²) >= 11 is 0. The maximum absolute atomic E-state index is 5.43. The van der Waals surface area contributed by atoms with Crippen molar-refractivity contribution in [1.82, 2.24) is 4.90 Å². The quantitative estimate of drug-likeness (QED) is 0.656. The Kier molecular flexibility index (Phi) is 5.04. The van der Waals surface area contributed by atoms with Crippen molar-refractivity contribution in [1.29, 1.82) is 0 Å². The highest BCUT2D eigenvalue weighted by Crippen LogP contribution is 2.14. The molecule has 0 aromatic heterocycles. The Bertz CT molecular complexity index is 87.7. The van der Waals surface area contributed by atoms with E-state index in [0.717, 1.165) is 19.1 Å². The molecule has 0 aromatic carbocycles. The SMILES string of the molecule is C[C@@H]1CCCN1CCN.Cl. The van der Waals surface area contributed by atoms with Gasteiger partial charge in [0.05, 0.1) is 0 Å². The van der Waals surface area contributed by atoms with Gasteiger partial charge in [-0.2, -0.15) is 0 Å². The minimum absolute atomic E-state index is 0. The first-order valence-corrected chi connectivity index (χ1v) is 3.78. The van der Waals surface area contributed by atoms with Gasteiger partial charge in [-0.25, -0.2) is 0 Å². The lowest BCUT2D eigenvalue weighted by atomic mass is 10.2. The van der Waals surface area contributed by atoms with Crippen LogP contribution in [0.1, 0.15) is 19.8 Å². The zero-order valence-corrected chi connectivity index (χ0v) is 7.36. The molecule has 1 aliphatic heterocycles. The van der Waals surface area contributed by atoms with Crippen LogP contribution in [0.5, 0.6) is 0 Å². The van der Waals surface area contributed by atoms with Crippen LogP contribution in [-0.2, 0) is 0 Å². The maximum Gasteiger partial charge on any atom is 0.0107 e. The molecule has 1 aliphatic rings. The molecule has 1 rings (SSSR count). The van der Waals surface area contributed by atoms with E-state index in [1.54, 1.807) is 0 Å². The molecule has 1 heterocycles. The van der Waals surface area contributed by atoms with E-state index in [2.05, 4.69) is 11.8 Å². The Hall–Kier alpha value is 0.210. The maximum atomic E-state index is 5.43. The number of nitrogens with zero attached hydrogens (tertiary/aromatic N) is 1. The molecule has 0 bridgehead atoms. The van der Waals surface area contributed by atoms with Gasteiger partial charge in [-0.3, -0.25) is 4.90 Å². The van der Waals surface area contributed by atoms with Crippen LogP contribution >= 0.6 is 12.4 Å². The summed E-state index contributed by atoms with van der Waals surface area (Å²) in [5, 5.41) is 0. The molecule has 2 nitrogen and oxygen atoms in total. The van der Waals surface area contributed by atoms with E-state index in [-0.39, 0.29) is 12.4 Å². The molecule has 1 fully saturated rings. The van der Waals surface area contributed by atoms with E-state index < -0.39 is 0 Å². The average Bonchev–Trinajstić information content (AvgIpc) is 2.18. The Morgan fingerprint density at radius 1 is 1.60 bits per heavy atom. The molecular weight excluding hydrogens is 148 g/mol. The minimum Gasteiger partial charge on any atom is -0.329 e. The minimum atomic E-state index is 0. The van der Waals surface area contributed by atoms with Gasteiger partial charge in [-0.1, -0.05) is 0 Å². The highest BCUT2D eigenvalue weighted by atomic mass is 35.5. The van der Waals surface area contributed by atoms with Crippen LogP contribution in [0.3, 0.4) is 0 Å². The fraction of sp³-hybridized carbons (Fsp3) is 1.00. The number of hydrogen-bond donors (Lipinski definition) is 1. The first-order chi connectivity index (χ1) is 4.34. The van der Waals surface area contributed by atoms with Crippen LogP contribution in [0.15, 0.2) is 0 Å². The molecule has 1 saturated heterocycles. The summed E-state index contributed by atoms with van der Waals surface area (Å²) < 4.78 is 0. The van der Waals surface area contributed by atoms with Gasteiger partial charge in [0.1, 0.15) is 0 Å². The Labute approximate surface area is 69.2 Å². The number of halogens is 1. The summed E-state index contributed by atoms with van der Waals surface area (Å²) in [5.41, 5.74) is 5.43. The van der Waals surface area contributed by atoms with Gasteiger partial charge in [-0.15, -0.1) is 12.4 Å². The standard InChI is InChI=1S/C7H16N2.ClH/c1-7-3-2-5-9(7)6-4-8;/h7H,2-6,8H2,1H3;1H/t7-;/m1./s1. The van der Waals surface area contributed by atoms with E-state index in [0.29, 0.717) is 0 Å². The van der Waals surface area contributed by atoms with Crippen molar-refractivity contribution < 1.29 is 0 Å². The molecule has 0 amide bonds. The third kappa shape index (κ3) is 2.45. The van der Waals surface area contributed by atoms with Crippen LogP contribution in [0.25, 0.3) is 0 Å². The summed E-state index contributed by atoms with van der Waals surface area (Å²) in [6, 6.07) is 0.786. The van der Waals surface area contributed by atoms with Gasteiger partial charge >= 0.3 is 0 Å². The Balaban J connectivity index is 0.000000810. The Morgan fingerprint density at radius 2 is 2.30 bits per heavy atom. The third-order valence-electron chi connectivity index (χ3n) is 2.11. The predicted molar refractivity (Wildman–Crippen MR) is 46.6 cm³/mol. The monoisotopic (exact) mass is 164 g/mol. The number of likely N-dealkylation sites (tertiary alicyclic amines) is 1. The lowest BCUT2D eigenvalue weighted by molar-refractivity contribution is 0.276. The van der Waals surface area contributed by atoms with E-state index in [4.69, 9.17) is 5.73 Å². The third-order valence-corrected chi connectivity index (χ3v) is 2.11. The summed E-state index contributed by atoms with van der Waals surface area (Å²) in [7, 11) is 0. The van der Waals surface area contributed by atoms with Crippen molar-refractivity contribution in [2.24, 2.45) is 5.73 Å². The molecular formula is C7H17ClN2. The van der Waals surface area contributed by atoms with Crippen molar-refractivity contribution >= 4 is 12.4 Å². The lowest BCUT2D eigenvalue weighted by Gasteiger charge is -2.19. The van der Waals surface area contributed by atoms with Crippen molar-refractivity contribution in [3.8, 4) is 0 Å². The van der Waals surface area contributed by atoms with Crippen LogP contribution in [0.2, 0.25) is 0 Å². The summed E-state index contributed by atoms with van der Waals surface area (Å²) in [6.45, 7) is 5.44. The van der Waals surface area contributed by atoms with Crippen molar-refractivity contribution in [2.75, 3.05) is 19.6 Å². The molecule has 0 aliphatic carbocycles. The zero-order valence-electron chi connectivity index (χ0n) is 6.55. The second-order valence-electron chi connectivity index (χ2n) is 2.82. The van der Waals surface area contributed by atoms with Crippen LogP contribution in [0, 0.1) is 0 Å². The summed E-state index contributed by atoms with van der Waals surface area (Å²) in [5.74, 6) is 0. The highest BCUT2D eigenvalue weighted by molar-refractivity contribution is 5.85. The van der Waals surface area contributed by atoms with Crippen molar-refractivity contribution in [2.45, 2.75) is 25.8 Å². The van der Waals surface area contributed by atoms with E-state index in [9.17, 15) is 0 Å². The van der Waals surface area contributed by atoms with E-state index in [1.807, 2.05) is 0 Å². The largest absolute Gasteiger partial charge is 0.329 e. The molecule has 3 heteroatoms. The van der Waals surface area contributed by atoms with Gasteiger partial charge in [0.25, 0.3) is 0 Å². The number of rotatable bonds is 2. The van der Waals surface area contributed by atoms with Crippen LogP contribution in [-0.4, -0.2) is 30.6 Å². The molecule has 1 atom stereocenters. The summed E-state index contributed by atoms with van der Waals surface area (Å²) in [6.07, 6.45) is 2.72. The van der Waals surface area contributed by atoms with Crippen LogP contribution in [0.4, 0.5) is 0 Å². The molecule has 62 valence electrons. The van der Waals surface area contributed by atoms with Crippen molar-refractivity contribution in [3.05, 3.63) is 0 Å². The summed E-state index contributed by atoms with van der Waals surface area (Å²) in [4.78, 5) is 2.46. The molecule has 0 radical (unpaired) electrons. The van der Waals surface area contributed by atoms with E-state index in [1.165, 1.54) is 19.4 Å². The highest BCUT2D eigenvalue weighted by Gasteiger charge is 2.18. The topological polar surface area (TPSA) is 29.3 Å². The fourth-order valence-electron chi connectivity index (χ4n) is 1.49. The second kappa shape index (κ2) is 4.94. The lowest BCUT2D eigenvalue weighted by Crippen LogP contribution is -2.31. The predicted octanol–water partition coefficient (Wildman–Crippen LogP) is 0.851. The van der Waals surface area contributed by atoms with Gasteiger partial charge in [-0.05, 0) is 26.3 Å². The smallest absolute Gasteiger partial charge is 0.0107 e. The normalized spacial score (nSPS) is 26.4. The molecule has 2 N–H and O–H groups in total. The Morgan fingerprint density at radius 3 is 2.70 bits per heavy atom. The average molecular weight is 165 g/mol. The van der Waals surface area contributed by atoms with Crippen molar-refractivity contribution in [3.63, 3.8) is 0 Å². The molecule has 0 aromatic rings. The second-order valence-corrected chi connectivity index (χ2v) is 2.82. The molecule has 0 saturated carbocycles. The number of nitrogens with two attached hydrogens (primary N) is 1. The molecule has 0 unspecified atom stereocenters. The number of hydrogen-bond acceptors (Lipinski definition) is 2. The zero-order chi connectivity index (χ0) is 6.69. The van der Waals surface area contributed by atoms with Gasteiger partial charge in [0, 0.05) is 19.1 Å². The first kappa shape index (κ1) is 10.2. The molecule has 10 heavy (non-hydrogen) atoms.